The van der Waals surface area contributed by atoms with Crippen molar-refractivity contribution in [3.63, 3.8) is 0 Å². The number of para-hydroxylation sites is 1. The summed E-state index contributed by atoms with van der Waals surface area (Å²) in [6.45, 7) is 4.62. The van der Waals surface area contributed by atoms with Gasteiger partial charge in [-0.1, -0.05) is 24.3 Å². The second-order valence-electron chi connectivity index (χ2n) is 9.88. The average molecular weight is 551 g/mol. The molecule has 3 aromatic heterocycles. The standard InChI is InChI=1S/C31H27FN6O3/c1-20-5-4-8-28(34-20)30-26(24-9-10-33-27-7-3-2-6-25(24)27)18-38(36-30)19-29(39)35-23-16-21(15-22(32)17-23)31(40)41-14-13-37-11-12-37/h2-10,15-18H,11-14,19H2,1H3,(H,35,39). The molecule has 0 radical (unpaired) electrons. The number of fused-ring (bicyclic) bond motifs is 1. The van der Waals surface area contributed by atoms with E-state index in [0.29, 0.717) is 17.9 Å². The Hall–Kier alpha value is -4.96. The lowest BCUT2D eigenvalue weighted by Crippen LogP contribution is -2.20. The molecule has 1 N–H and O–H groups in total. The molecule has 1 aliphatic heterocycles. The molecule has 0 saturated carbocycles. The summed E-state index contributed by atoms with van der Waals surface area (Å²) < 4.78 is 21.1. The zero-order valence-corrected chi connectivity index (χ0v) is 22.4. The van der Waals surface area contributed by atoms with E-state index in [2.05, 4.69) is 20.2 Å². The van der Waals surface area contributed by atoms with E-state index in [1.54, 1.807) is 12.4 Å². The van der Waals surface area contributed by atoms with Crippen molar-refractivity contribution in [2.45, 2.75) is 13.5 Å². The summed E-state index contributed by atoms with van der Waals surface area (Å²) in [5.41, 5.74) is 4.86. The van der Waals surface area contributed by atoms with E-state index in [4.69, 9.17) is 9.84 Å². The molecule has 1 amide bonds. The fraction of sp³-hybridized carbons (Fsp3) is 0.194. The van der Waals surface area contributed by atoms with Crippen molar-refractivity contribution < 1.29 is 18.7 Å². The molecule has 206 valence electrons. The first-order valence-electron chi connectivity index (χ1n) is 13.3. The first-order chi connectivity index (χ1) is 19.9. The smallest absolute Gasteiger partial charge is 0.338 e. The maximum Gasteiger partial charge on any atom is 0.338 e. The van der Waals surface area contributed by atoms with Crippen molar-refractivity contribution in [3.8, 4) is 22.5 Å². The van der Waals surface area contributed by atoms with Gasteiger partial charge in [-0.05, 0) is 55.0 Å². The Morgan fingerprint density at radius 2 is 1.88 bits per heavy atom. The highest BCUT2D eigenvalue weighted by Gasteiger charge is 2.20. The zero-order chi connectivity index (χ0) is 28.3. The molecule has 6 rings (SSSR count). The predicted octanol–water partition coefficient (Wildman–Crippen LogP) is 4.72. The molecule has 9 nitrogen and oxygen atoms in total. The Morgan fingerprint density at radius 3 is 2.71 bits per heavy atom. The minimum Gasteiger partial charge on any atom is -0.461 e. The van der Waals surface area contributed by atoms with Crippen LogP contribution in [0.15, 0.2) is 79.1 Å². The third-order valence-electron chi connectivity index (χ3n) is 6.74. The summed E-state index contributed by atoms with van der Waals surface area (Å²) >= 11 is 0. The Morgan fingerprint density at radius 1 is 1.02 bits per heavy atom. The molecular formula is C31H27FN6O3. The number of ether oxygens (including phenoxy) is 1. The number of carbonyl (C=O) groups is 2. The van der Waals surface area contributed by atoms with E-state index in [1.165, 1.54) is 10.7 Å². The third kappa shape index (κ3) is 6.12. The van der Waals surface area contributed by atoms with Gasteiger partial charge in [0.1, 0.15) is 24.7 Å². The molecule has 1 saturated heterocycles. The number of esters is 1. The largest absolute Gasteiger partial charge is 0.461 e. The van der Waals surface area contributed by atoms with E-state index in [1.807, 2.05) is 55.5 Å². The van der Waals surface area contributed by atoms with Crippen LogP contribution >= 0.6 is 0 Å². The number of hydrogen-bond acceptors (Lipinski definition) is 7. The highest BCUT2D eigenvalue weighted by atomic mass is 19.1. The van der Waals surface area contributed by atoms with Crippen LogP contribution in [0.3, 0.4) is 0 Å². The van der Waals surface area contributed by atoms with Gasteiger partial charge in [-0.2, -0.15) is 5.10 Å². The van der Waals surface area contributed by atoms with E-state index in [9.17, 15) is 14.0 Å². The monoisotopic (exact) mass is 550 g/mol. The highest BCUT2D eigenvalue weighted by Crippen LogP contribution is 2.34. The van der Waals surface area contributed by atoms with Gasteiger partial charge in [0.2, 0.25) is 5.91 Å². The molecule has 0 atom stereocenters. The van der Waals surface area contributed by atoms with E-state index in [0.717, 1.165) is 52.9 Å². The molecule has 4 heterocycles. The van der Waals surface area contributed by atoms with Gasteiger partial charge < -0.3 is 10.1 Å². The molecule has 2 aromatic carbocycles. The number of aryl methyl sites for hydroxylation is 1. The van der Waals surface area contributed by atoms with E-state index >= 15 is 0 Å². The summed E-state index contributed by atoms with van der Waals surface area (Å²) in [6.07, 6.45) is 3.54. The van der Waals surface area contributed by atoms with E-state index in [-0.39, 0.29) is 24.4 Å². The molecular weight excluding hydrogens is 523 g/mol. The Kier molecular flexibility index (Phi) is 7.22. The number of carbonyl (C=O) groups excluding carboxylic acids is 2. The van der Waals surface area contributed by atoms with Gasteiger partial charge in [-0.15, -0.1) is 0 Å². The summed E-state index contributed by atoms with van der Waals surface area (Å²) in [4.78, 5) is 36.7. The SMILES string of the molecule is Cc1cccc(-c2nn(CC(=O)Nc3cc(F)cc(C(=O)OCCN4CC4)c3)cc2-c2ccnc3ccccc23)n1. The topological polar surface area (TPSA) is 102 Å². The summed E-state index contributed by atoms with van der Waals surface area (Å²) in [7, 11) is 0. The van der Waals surface area contributed by atoms with Crippen LogP contribution in [0.1, 0.15) is 16.1 Å². The fourth-order valence-corrected chi connectivity index (χ4v) is 4.67. The van der Waals surface area contributed by atoms with Gasteiger partial charge >= 0.3 is 5.97 Å². The van der Waals surface area contributed by atoms with Crippen molar-refractivity contribution in [3.05, 3.63) is 96.2 Å². The van der Waals surface area contributed by atoms with Crippen molar-refractivity contribution in [1.82, 2.24) is 24.6 Å². The van der Waals surface area contributed by atoms with Gasteiger partial charge in [0.25, 0.3) is 0 Å². The van der Waals surface area contributed by atoms with Crippen molar-refractivity contribution in [2.75, 3.05) is 31.6 Å². The van der Waals surface area contributed by atoms with Crippen LogP contribution in [-0.2, 0) is 16.1 Å². The Labute approximate surface area is 235 Å². The van der Waals surface area contributed by atoms with Gasteiger partial charge in [0.05, 0.1) is 16.8 Å². The number of anilines is 1. The Bertz CT molecular complexity index is 1760. The number of pyridine rings is 2. The van der Waals surface area contributed by atoms with Crippen molar-refractivity contribution in [1.29, 1.82) is 0 Å². The predicted molar refractivity (Wildman–Crippen MR) is 153 cm³/mol. The number of nitrogens with zero attached hydrogens (tertiary/aromatic N) is 5. The molecule has 41 heavy (non-hydrogen) atoms. The molecule has 1 fully saturated rings. The summed E-state index contributed by atoms with van der Waals surface area (Å²) in [5, 5.41) is 8.35. The molecule has 0 aliphatic carbocycles. The van der Waals surface area contributed by atoms with Gasteiger partial charge in [-0.25, -0.2) is 9.18 Å². The summed E-state index contributed by atoms with van der Waals surface area (Å²) in [5.74, 6) is -1.73. The van der Waals surface area contributed by atoms with Crippen LogP contribution in [0.4, 0.5) is 10.1 Å². The van der Waals surface area contributed by atoms with Gasteiger partial charge in [0, 0.05) is 54.4 Å². The number of aromatic nitrogens is 4. The zero-order valence-electron chi connectivity index (χ0n) is 22.4. The Balaban J connectivity index is 1.26. The van der Waals surface area contributed by atoms with Gasteiger partial charge in [0.15, 0.2) is 0 Å². The molecule has 0 bridgehead atoms. The molecule has 5 aromatic rings. The molecule has 0 unspecified atom stereocenters. The number of amides is 1. The molecule has 10 heteroatoms. The minimum atomic E-state index is -0.653. The van der Waals surface area contributed by atoms with Crippen LogP contribution in [-0.4, -0.2) is 62.8 Å². The fourth-order valence-electron chi connectivity index (χ4n) is 4.67. The highest BCUT2D eigenvalue weighted by molar-refractivity contribution is 5.98. The lowest BCUT2D eigenvalue weighted by molar-refractivity contribution is -0.116. The lowest BCUT2D eigenvalue weighted by Gasteiger charge is -2.09. The first kappa shape index (κ1) is 26.3. The average Bonchev–Trinajstić information content (AvgIpc) is 3.69. The maximum absolute atomic E-state index is 14.3. The molecule has 0 spiro atoms. The van der Waals surface area contributed by atoms with E-state index < -0.39 is 17.7 Å². The van der Waals surface area contributed by atoms with Crippen LogP contribution < -0.4 is 5.32 Å². The van der Waals surface area contributed by atoms with Crippen molar-refractivity contribution in [2.24, 2.45) is 0 Å². The third-order valence-corrected chi connectivity index (χ3v) is 6.74. The number of rotatable bonds is 9. The molecule has 1 aliphatic rings. The van der Waals surface area contributed by atoms with Crippen LogP contribution in [0.5, 0.6) is 0 Å². The van der Waals surface area contributed by atoms with Crippen LogP contribution in [0.25, 0.3) is 33.4 Å². The quantitative estimate of drug-likeness (QED) is 0.209. The maximum atomic E-state index is 14.3. The number of halogens is 1. The second-order valence-corrected chi connectivity index (χ2v) is 9.88. The lowest BCUT2D eigenvalue weighted by atomic mass is 10.0. The minimum absolute atomic E-state index is 0.0323. The van der Waals surface area contributed by atoms with Crippen molar-refractivity contribution >= 4 is 28.5 Å². The second kappa shape index (κ2) is 11.3. The van der Waals surface area contributed by atoms with Crippen LogP contribution in [0, 0.1) is 12.7 Å². The number of hydrogen-bond donors (Lipinski definition) is 1. The number of nitrogens with one attached hydrogen (secondary N) is 1. The van der Waals surface area contributed by atoms with Gasteiger partial charge in [-0.3, -0.25) is 24.3 Å². The first-order valence-corrected chi connectivity index (χ1v) is 13.3. The summed E-state index contributed by atoms with van der Waals surface area (Å²) in [6, 6.07) is 19.1. The normalized spacial score (nSPS) is 12.8. The van der Waals surface area contributed by atoms with Crippen LogP contribution in [0.2, 0.25) is 0 Å². The number of benzene rings is 2.